The molecule has 0 unspecified atom stereocenters. The standard InChI is InChI=1S/C26H18F3NSSi/c27-26(28,29)19-16-17-23-24(18-19)31-25(30-23)32(20-10-4-1-5-11-20,21-12-6-2-7-13-21)22-14-8-3-9-15-22/h1-18H. The van der Waals surface area contributed by atoms with E-state index in [1.165, 1.54) is 23.5 Å². The van der Waals surface area contributed by atoms with Gasteiger partial charge in [-0.15, -0.1) is 11.3 Å². The molecule has 0 N–H and O–H groups in total. The molecule has 32 heavy (non-hydrogen) atoms. The summed E-state index contributed by atoms with van der Waals surface area (Å²) in [7, 11) is -2.82. The number of benzene rings is 4. The van der Waals surface area contributed by atoms with Crippen LogP contribution in [0.15, 0.2) is 109 Å². The van der Waals surface area contributed by atoms with Crippen LogP contribution >= 0.6 is 11.3 Å². The maximum atomic E-state index is 13.3. The number of aromatic nitrogens is 1. The van der Waals surface area contributed by atoms with Gasteiger partial charge in [0.25, 0.3) is 0 Å². The van der Waals surface area contributed by atoms with Crippen molar-refractivity contribution in [3.05, 3.63) is 115 Å². The van der Waals surface area contributed by atoms with Gasteiger partial charge in [-0.3, -0.25) is 0 Å². The highest BCUT2D eigenvalue weighted by atomic mass is 32.1. The number of fused-ring (bicyclic) bond motifs is 1. The highest BCUT2D eigenvalue weighted by Crippen LogP contribution is 2.32. The molecule has 5 rings (SSSR count). The van der Waals surface area contributed by atoms with Gasteiger partial charge in [-0.1, -0.05) is 91.0 Å². The van der Waals surface area contributed by atoms with Crippen molar-refractivity contribution in [1.29, 1.82) is 0 Å². The van der Waals surface area contributed by atoms with E-state index in [-0.39, 0.29) is 0 Å². The molecule has 0 aliphatic heterocycles. The summed E-state index contributed by atoms with van der Waals surface area (Å²) < 4.78 is 41.5. The summed E-state index contributed by atoms with van der Waals surface area (Å²) in [6, 6.07) is 34.5. The first-order valence-electron chi connectivity index (χ1n) is 10.1. The predicted molar refractivity (Wildman–Crippen MR) is 128 cm³/mol. The second-order valence-electron chi connectivity index (χ2n) is 7.55. The molecule has 0 atom stereocenters. The summed E-state index contributed by atoms with van der Waals surface area (Å²) >= 11 is 1.37. The summed E-state index contributed by atoms with van der Waals surface area (Å²) in [5.41, 5.74) is -0.0516. The molecule has 0 amide bonds. The minimum absolute atomic E-state index is 0.550. The summed E-state index contributed by atoms with van der Waals surface area (Å²) in [6.07, 6.45) is -4.38. The van der Waals surface area contributed by atoms with Crippen LogP contribution in [0.3, 0.4) is 0 Å². The third-order valence-electron chi connectivity index (χ3n) is 5.66. The van der Waals surface area contributed by atoms with Crippen LogP contribution in [-0.2, 0) is 6.18 Å². The van der Waals surface area contributed by atoms with Crippen molar-refractivity contribution in [3.63, 3.8) is 0 Å². The molecule has 0 saturated heterocycles. The quantitative estimate of drug-likeness (QED) is 0.280. The van der Waals surface area contributed by atoms with E-state index < -0.39 is 19.8 Å². The maximum absolute atomic E-state index is 13.3. The third kappa shape index (κ3) is 3.45. The molecule has 0 radical (unpaired) electrons. The normalized spacial score (nSPS) is 12.2. The fourth-order valence-corrected chi connectivity index (χ4v) is 11.1. The average Bonchev–Trinajstić information content (AvgIpc) is 3.25. The van der Waals surface area contributed by atoms with Gasteiger partial charge in [0.15, 0.2) is 0 Å². The Bertz CT molecular complexity index is 1250. The summed E-state index contributed by atoms with van der Waals surface area (Å²) in [5, 5.41) is 3.44. The van der Waals surface area contributed by atoms with Crippen LogP contribution < -0.4 is 20.2 Å². The summed E-state index contributed by atoms with van der Waals surface area (Å²) in [6.45, 7) is 0. The van der Waals surface area contributed by atoms with Gasteiger partial charge in [0.2, 0.25) is 8.07 Å². The molecule has 0 fully saturated rings. The fraction of sp³-hybridized carbons (Fsp3) is 0.0385. The van der Waals surface area contributed by atoms with Gasteiger partial charge >= 0.3 is 6.18 Å². The molecule has 0 aliphatic carbocycles. The molecule has 4 aromatic carbocycles. The van der Waals surface area contributed by atoms with Crippen molar-refractivity contribution >= 4 is 49.8 Å². The monoisotopic (exact) mass is 461 g/mol. The lowest BCUT2D eigenvalue weighted by Crippen LogP contribution is -2.74. The highest BCUT2D eigenvalue weighted by molar-refractivity contribution is 7.38. The summed E-state index contributed by atoms with van der Waals surface area (Å²) in [5.74, 6) is 0. The van der Waals surface area contributed by atoms with Gasteiger partial charge < -0.3 is 0 Å². The predicted octanol–water partition coefficient (Wildman–Crippen LogP) is 4.69. The highest BCUT2D eigenvalue weighted by Gasteiger charge is 2.44. The SMILES string of the molecule is FC(F)(F)c1ccc2nc([Si](c3ccccc3)(c3ccccc3)c3ccccc3)sc2c1. The van der Waals surface area contributed by atoms with Gasteiger partial charge in [-0.05, 0) is 33.8 Å². The Kier molecular flexibility index (Phi) is 5.19. The number of hydrogen-bond donors (Lipinski definition) is 0. The molecule has 0 saturated carbocycles. The zero-order valence-electron chi connectivity index (χ0n) is 16.9. The summed E-state index contributed by atoms with van der Waals surface area (Å²) in [4.78, 5) is 4.95. The lowest BCUT2D eigenvalue weighted by atomic mass is 10.2. The minimum atomic E-state index is -4.38. The van der Waals surface area contributed by atoms with E-state index in [0.29, 0.717) is 10.2 Å². The van der Waals surface area contributed by atoms with Gasteiger partial charge in [-0.25, -0.2) is 4.98 Å². The number of rotatable bonds is 4. The van der Waals surface area contributed by atoms with Crippen LogP contribution in [0, 0.1) is 0 Å². The van der Waals surface area contributed by atoms with Gasteiger partial charge in [0.05, 0.1) is 20.4 Å². The number of thiazole rings is 1. The Morgan fingerprint density at radius 2 is 1.09 bits per heavy atom. The number of hydrogen-bond acceptors (Lipinski definition) is 2. The van der Waals surface area contributed by atoms with E-state index in [4.69, 9.17) is 4.98 Å². The molecule has 0 bridgehead atoms. The first-order valence-corrected chi connectivity index (χ1v) is 13.0. The molecule has 6 heteroatoms. The Morgan fingerprint density at radius 1 is 0.625 bits per heavy atom. The lowest BCUT2D eigenvalue weighted by molar-refractivity contribution is -0.137. The molecular weight excluding hydrogens is 443 g/mol. The fourth-order valence-electron chi connectivity index (χ4n) is 4.20. The maximum Gasteiger partial charge on any atom is 0.416 e. The molecule has 5 aromatic rings. The second-order valence-corrected chi connectivity index (χ2v) is 12.6. The molecule has 0 aliphatic rings. The van der Waals surface area contributed by atoms with Crippen molar-refractivity contribution in [2.24, 2.45) is 0 Å². The molecule has 158 valence electrons. The van der Waals surface area contributed by atoms with Gasteiger partial charge in [-0.2, -0.15) is 13.2 Å². The molecule has 1 heterocycles. The third-order valence-corrected chi connectivity index (χ3v) is 12.1. The smallest absolute Gasteiger partial charge is 0.245 e. The molecule has 0 spiro atoms. The van der Waals surface area contributed by atoms with E-state index in [1.54, 1.807) is 0 Å². The van der Waals surface area contributed by atoms with Crippen LogP contribution in [0.2, 0.25) is 0 Å². The number of nitrogens with zero attached hydrogens (tertiary/aromatic N) is 1. The van der Waals surface area contributed by atoms with Gasteiger partial charge in [0.1, 0.15) is 0 Å². The first-order chi connectivity index (χ1) is 15.5. The molecule has 1 aromatic heterocycles. The zero-order chi connectivity index (χ0) is 22.2. The van der Waals surface area contributed by atoms with E-state index in [2.05, 4.69) is 36.4 Å². The van der Waals surface area contributed by atoms with E-state index in [9.17, 15) is 13.2 Å². The second kappa shape index (κ2) is 8.04. The molecular formula is C26H18F3NSSi. The van der Waals surface area contributed by atoms with E-state index in [1.807, 2.05) is 54.6 Å². The van der Waals surface area contributed by atoms with Crippen molar-refractivity contribution in [2.45, 2.75) is 6.18 Å². The Balaban J connectivity index is 1.86. The van der Waals surface area contributed by atoms with Crippen LogP contribution in [0.5, 0.6) is 0 Å². The van der Waals surface area contributed by atoms with Crippen LogP contribution in [0.1, 0.15) is 5.56 Å². The van der Waals surface area contributed by atoms with Crippen molar-refractivity contribution in [3.8, 4) is 0 Å². The van der Waals surface area contributed by atoms with Crippen LogP contribution in [0.25, 0.3) is 10.2 Å². The van der Waals surface area contributed by atoms with E-state index >= 15 is 0 Å². The van der Waals surface area contributed by atoms with Crippen molar-refractivity contribution < 1.29 is 13.2 Å². The van der Waals surface area contributed by atoms with Crippen molar-refractivity contribution in [1.82, 2.24) is 4.98 Å². The Labute approximate surface area is 188 Å². The minimum Gasteiger partial charge on any atom is -0.245 e. The van der Waals surface area contributed by atoms with Crippen LogP contribution in [0.4, 0.5) is 13.2 Å². The van der Waals surface area contributed by atoms with Crippen molar-refractivity contribution in [2.75, 3.05) is 0 Å². The average molecular weight is 462 g/mol. The topological polar surface area (TPSA) is 12.9 Å². The first kappa shape index (κ1) is 20.7. The Hall–Kier alpha value is -3.22. The van der Waals surface area contributed by atoms with E-state index in [0.717, 1.165) is 26.3 Å². The van der Waals surface area contributed by atoms with Gasteiger partial charge in [0, 0.05) is 0 Å². The number of halogens is 3. The Morgan fingerprint density at radius 3 is 1.53 bits per heavy atom. The lowest BCUT2D eigenvalue weighted by Gasteiger charge is -2.31. The largest absolute Gasteiger partial charge is 0.416 e. The number of alkyl halides is 3. The molecule has 1 nitrogen and oxygen atoms in total. The van der Waals surface area contributed by atoms with Crippen LogP contribution in [-0.4, -0.2) is 13.1 Å². The zero-order valence-corrected chi connectivity index (χ0v) is 18.7.